The molecule has 2 rings (SSSR count). The fraction of sp³-hybridized carbons (Fsp3) is 0.176. The van der Waals surface area contributed by atoms with Crippen LogP contribution in [0, 0.1) is 13.8 Å². The van der Waals surface area contributed by atoms with Crippen molar-refractivity contribution in [2.75, 3.05) is 11.9 Å². The lowest BCUT2D eigenvalue weighted by Gasteiger charge is -2.09. The van der Waals surface area contributed by atoms with Gasteiger partial charge in [-0.1, -0.05) is 41.4 Å². The molecule has 0 aliphatic carbocycles. The summed E-state index contributed by atoms with van der Waals surface area (Å²) in [5.74, 6) is -0.204. The molecule has 0 heterocycles. The van der Waals surface area contributed by atoms with E-state index in [4.69, 9.17) is 11.6 Å². The van der Waals surface area contributed by atoms with E-state index in [2.05, 4.69) is 21.9 Å². The highest BCUT2D eigenvalue weighted by molar-refractivity contribution is 6.30. The molecule has 2 aromatic rings. The lowest BCUT2D eigenvalue weighted by atomic mass is 10.1. The number of rotatable bonds is 5. The number of hydrazone groups is 1. The molecule has 0 saturated heterocycles. The Morgan fingerprint density at radius 1 is 1.18 bits per heavy atom. The van der Waals surface area contributed by atoms with E-state index in [1.807, 2.05) is 38.1 Å². The van der Waals surface area contributed by atoms with Crippen LogP contribution >= 0.6 is 11.6 Å². The molecule has 0 aromatic heterocycles. The Morgan fingerprint density at radius 3 is 2.59 bits per heavy atom. The molecule has 0 spiro atoms. The van der Waals surface area contributed by atoms with Crippen molar-refractivity contribution in [3.63, 3.8) is 0 Å². The summed E-state index contributed by atoms with van der Waals surface area (Å²) in [7, 11) is 0. The second-order valence-electron chi connectivity index (χ2n) is 5.02. The molecule has 0 bridgehead atoms. The van der Waals surface area contributed by atoms with Crippen LogP contribution in [0.2, 0.25) is 5.02 Å². The number of carbonyl (C=O) groups excluding carboxylic acids is 1. The normalized spacial score (nSPS) is 10.7. The van der Waals surface area contributed by atoms with Crippen LogP contribution < -0.4 is 10.7 Å². The van der Waals surface area contributed by atoms with Crippen molar-refractivity contribution in [1.29, 1.82) is 0 Å². The van der Waals surface area contributed by atoms with Gasteiger partial charge in [0, 0.05) is 10.7 Å². The smallest absolute Gasteiger partial charge is 0.259 e. The number of hydrogen-bond donors (Lipinski definition) is 2. The van der Waals surface area contributed by atoms with Crippen LogP contribution in [-0.4, -0.2) is 18.7 Å². The highest BCUT2D eigenvalue weighted by Crippen LogP contribution is 2.15. The maximum absolute atomic E-state index is 11.7. The molecule has 0 aliphatic rings. The van der Waals surface area contributed by atoms with Gasteiger partial charge in [0.15, 0.2) is 0 Å². The van der Waals surface area contributed by atoms with E-state index >= 15 is 0 Å². The number of nitrogens with one attached hydrogen (secondary N) is 2. The summed E-state index contributed by atoms with van der Waals surface area (Å²) in [4.78, 5) is 11.7. The second kappa shape index (κ2) is 7.61. The Labute approximate surface area is 135 Å². The monoisotopic (exact) mass is 315 g/mol. The zero-order chi connectivity index (χ0) is 15.9. The van der Waals surface area contributed by atoms with Crippen molar-refractivity contribution in [3.8, 4) is 0 Å². The van der Waals surface area contributed by atoms with Gasteiger partial charge in [0.25, 0.3) is 5.91 Å². The average molecular weight is 316 g/mol. The molecule has 2 N–H and O–H groups in total. The van der Waals surface area contributed by atoms with Gasteiger partial charge in [-0.05, 0) is 43.2 Å². The Morgan fingerprint density at radius 2 is 1.91 bits per heavy atom. The first-order valence-electron chi connectivity index (χ1n) is 6.93. The summed E-state index contributed by atoms with van der Waals surface area (Å²) in [6.07, 6.45) is 1.57. The molecule has 1 amide bonds. The van der Waals surface area contributed by atoms with Gasteiger partial charge >= 0.3 is 0 Å². The molecular formula is C17H18ClN3O. The second-order valence-corrected chi connectivity index (χ2v) is 5.45. The first-order chi connectivity index (χ1) is 10.5. The quantitative estimate of drug-likeness (QED) is 0.655. The molecule has 2 aromatic carbocycles. The van der Waals surface area contributed by atoms with Crippen molar-refractivity contribution in [3.05, 3.63) is 64.2 Å². The highest BCUT2D eigenvalue weighted by atomic mass is 35.5. The number of nitrogens with zero attached hydrogens (tertiary/aromatic N) is 1. The third kappa shape index (κ3) is 4.90. The highest BCUT2D eigenvalue weighted by Gasteiger charge is 2.02. The van der Waals surface area contributed by atoms with Crippen molar-refractivity contribution in [1.82, 2.24) is 5.43 Å². The minimum atomic E-state index is -0.204. The summed E-state index contributed by atoms with van der Waals surface area (Å²) in [6, 6.07) is 13.2. The van der Waals surface area contributed by atoms with Crippen molar-refractivity contribution < 1.29 is 4.79 Å². The van der Waals surface area contributed by atoms with Crippen molar-refractivity contribution in [2.45, 2.75) is 13.8 Å². The van der Waals surface area contributed by atoms with Crippen LogP contribution in [0.25, 0.3) is 0 Å². The van der Waals surface area contributed by atoms with Gasteiger partial charge in [0.2, 0.25) is 0 Å². The number of halogens is 1. The van der Waals surface area contributed by atoms with Crippen LogP contribution in [0.1, 0.15) is 16.7 Å². The largest absolute Gasteiger partial charge is 0.376 e. The summed E-state index contributed by atoms with van der Waals surface area (Å²) in [5.41, 5.74) is 6.60. The molecular weight excluding hydrogens is 298 g/mol. The molecule has 0 radical (unpaired) electrons. The lowest BCUT2D eigenvalue weighted by molar-refractivity contribution is -0.119. The molecule has 4 nitrogen and oxygen atoms in total. The molecule has 0 aliphatic heterocycles. The zero-order valence-electron chi connectivity index (χ0n) is 12.6. The van der Waals surface area contributed by atoms with Gasteiger partial charge in [0.1, 0.15) is 0 Å². The zero-order valence-corrected chi connectivity index (χ0v) is 13.3. The van der Waals surface area contributed by atoms with E-state index in [0.29, 0.717) is 5.02 Å². The average Bonchev–Trinajstić information content (AvgIpc) is 2.48. The number of carbonyl (C=O) groups is 1. The van der Waals surface area contributed by atoms with Gasteiger partial charge in [-0.3, -0.25) is 4.79 Å². The Kier molecular flexibility index (Phi) is 5.55. The van der Waals surface area contributed by atoms with Crippen LogP contribution in [0.3, 0.4) is 0 Å². The van der Waals surface area contributed by atoms with Gasteiger partial charge < -0.3 is 5.32 Å². The Bertz CT molecular complexity index is 681. The third-order valence-corrected chi connectivity index (χ3v) is 3.35. The summed E-state index contributed by atoms with van der Waals surface area (Å²) >= 11 is 5.80. The number of benzene rings is 2. The maximum atomic E-state index is 11.7. The summed E-state index contributed by atoms with van der Waals surface area (Å²) in [6.45, 7) is 4.21. The molecule has 0 saturated carbocycles. The molecule has 0 fully saturated rings. The predicted molar refractivity (Wildman–Crippen MR) is 91.6 cm³/mol. The van der Waals surface area contributed by atoms with Crippen LogP contribution in [-0.2, 0) is 4.79 Å². The number of hydrogen-bond acceptors (Lipinski definition) is 3. The van der Waals surface area contributed by atoms with Crippen LogP contribution in [0.4, 0.5) is 5.69 Å². The molecule has 5 heteroatoms. The number of aryl methyl sites for hydroxylation is 2. The standard InChI is InChI=1S/C17H18ClN3O/c1-12-3-8-16(13(2)9-12)19-11-17(22)21-20-10-14-4-6-15(18)7-5-14/h3-10,19H,11H2,1-2H3,(H,21,22)/b20-10+. The van der Waals surface area contributed by atoms with Gasteiger partial charge in [-0.15, -0.1) is 0 Å². The van der Waals surface area contributed by atoms with Crippen LogP contribution in [0.15, 0.2) is 47.6 Å². The lowest BCUT2D eigenvalue weighted by Crippen LogP contribution is -2.26. The van der Waals surface area contributed by atoms with Gasteiger partial charge in [-0.2, -0.15) is 5.10 Å². The fourth-order valence-corrected chi connectivity index (χ4v) is 2.08. The minimum Gasteiger partial charge on any atom is -0.376 e. The fourth-order valence-electron chi connectivity index (χ4n) is 1.95. The predicted octanol–water partition coefficient (Wildman–Crippen LogP) is 3.52. The maximum Gasteiger partial charge on any atom is 0.259 e. The van der Waals surface area contributed by atoms with E-state index in [1.165, 1.54) is 5.56 Å². The topological polar surface area (TPSA) is 53.5 Å². The number of amides is 1. The van der Waals surface area contributed by atoms with Gasteiger partial charge in [-0.25, -0.2) is 5.43 Å². The molecule has 0 atom stereocenters. The molecule has 0 unspecified atom stereocenters. The first-order valence-corrected chi connectivity index (χ1v) is 7.31. The Hall–Kier alpha value is -2.33. The summed E-state index contributed by atoms with van der Waals surface area (Å²) in [5, 5.41) is 7.67. The van der Waals surface area contributed by atoms with E-state index in [0.717, 1.165) is 16.8 Å². The van der Waals surface area contributed by atoms with E-state index < -0.39 is 0 Å². The number of anilines is 1. The van der Waals surface area contributed by atoms with E-state index in [9.17, 15) is 4.79 Å². The molecule has 22 heavy (non-hydrogen) atoms. The van der Waals surface area contributed by atoms with E-state index in [-0.39, 0.29) is 12.5 Å². The SMILES string of the molecule is Cc1ccc(NCC(=O)N/N=C/c2ccc(Cl)cc2)c(C)c1. The summed E-state index contributed by atoms with van der Waals surface area (Å²) < 4.78 is 0. The molecule has 114 valence electrons. The Balaban J connectivity index is 1.81. The van der Waals surface area contributed by atoms with E-state index in [1.54, 1.807) is 18.3 Å². The first kappa shape index (κ1) is 16.0. The minimum absolute atomic E-state index is 0.169. The third-order valence-electron chi connectivity index (χ3n) is 3.09. The van der Waals surface area contributed by atoms with Gasteiger partial charge in [0.05, 0.1) is 12.8 Å². The van der Waals surface area contributed by atoms with Crippen LogP contribution in [0.5, 0.6) is 0 Å². The van der Waals surface area contributed by atoms with Crippen molar-refractivity contribution in [2.24, 2.45) is 5.10 Å². The van der Waals surface area contributed by atoms with Crippen molar-refractivity contribution >= 4 is 29.4 Å².